The molecule has 36 heavy (non-hydrogen) atoms. The quantitative estimate of drug-likeness (QED) is 0.466. The highest BCUT2D eigenvalue weighted by Gasteiger charge is 2.43. The Morgan fingerprint density at radius 1 is 0.806 bits per heavy atom. The summed E-state index contributed by atoms with van der Waals surface area (Å²) in [6.45, 7) is 5.50. The van der Waals surface area contributed by atoms with Gasteiger partial charge in [0.2, 0.25) is 5.91 Å². The number of piperazine rings is 1. The summed E-state index contributed by atoms with van der Waals surface area (Å²) >= 11 is 0. The average molecular weight is 488 g/mol. The molecule has 2 amide bonds. The van der Waals surface area contributed by atoms with Crippen LogP contribution in [0, 0.1) is 5.82 Å². The van der Waals surface area contributed by atoms with Gasteiger partial charge in [0.25, 0.3) is 5.91 Å². The zero-order valence-electron chi connectivity index (χ0n) is 20.4. The number of carbonyl (C=O) groups is 2. The number of hydrogen-bond donors (Lipinski definition) is 0. The smallest absolute Gasteiger partial charge is 0.251 e. The minimum absolute atomic E-state index is 0.150. The zero-order valence-corrected chi connectivity index (χ0v) is 20.4. The molecule has 5 rings (SSSR count). The van der Waals surface area contributed by atoms with Crippen LogP contribution in [0.15, 0.2) is 72.8 Å². The van der Waals surface area contributed by atoms with E-state index in [0.717, 1.165) is 49.6 Å². The maximum Gasteiger partial charge on any atom is 0.251 e. The minimum Gasteiger partial charge on any atom is -0.494 e. The Morgan fingerprint density at radius 2 is 1.39 bits per heavy atom. The summed E-state index contributed by atoms with van der Waals surface area (Å²) < 4.78 is 18.6. The summed E-state index contributed by atoms with van der Waals surface area (Å²) in [5, 5.41) is 0. The summed E-state index contributed by atoms with van der Waals surface area (Å²) in [7, 11) is 0. The minimum atomic E-state index is -0.413. The second-order valence-electron chi connectivity index (χ2n) is 9.21. The predicted octanol–water partition coefficient (Wildman–Crippen LogP) is 4.27. The van der Waals surface area contributed by atoms with Crippen molar-refractivity contribution in [3.05, 3.63) is 89.7 Å². The summed E-state index contributed by atoms with van der Waals surface area (Å²) in [5.74, 6) is 0.188. The van der Waals surface area contributed by atoms with Gasteiger partial charge in [0.15, 0.2) is 0 Å². The second kappa shape index (κ2) is 10.5. The summed E-state index contributed by atoms with van der Waals surface area (Å²) in [6, 6.07) is 21.8. The molecule has 7 heteroatoms. The molecule has 2 heterocycles. The normalized spacial score (nSPS) is 18.7. The van der Waals surface area contributed by atoms with Crippen molar-refractivity contribution in [1.29, 1.82) is 0 Å². The lowest BCUT2D eigenvalue weighted by Crippen LogP contribution is -2.52. The Morgan fingerprint density at radius 3 is 2.00 bits per heavy atom. The molecule has 2 fully saturated rings. The first-order valence-electron chi connectivity index (χ1n) is 12.4. The Balaban J connectivity index is 1.17. The van der Waals surface area contributed by atoms with Gasteiger partial charge >= 0.3 is 0 Å². The maximum atomic E-state index is 13.2. The van der Waals surface area contributed by atoms with Crippen LogP contribution < -0.4 is 14.5 Å². The number of carbonyl (C=O) groups excluding carboxylic acids is 2. The molecule has 0 bridgehead atoms. The van der Waals surface area contributed by atoms with E-state index in [0.29, 0.717) is 12.3 Å². The fourth-order valence-corrected chi connectivity index (χ4v) is 4.98. The molecule has 6 nitrogen and oxygen atoms in total. The van der Waals surface area contributed by atoms with Crippen molar-refractivity contribution in [1.82, 2.24) is 4.90 Å². The highest BCUT2D eigenvalue weighted by Crippen LogP contribution is 2.28. The number of imide groups is 1. The van der Waals surface area contributed by atoms with E-state index in [1.807, 2.05) is 19.1 Å². The molecule has 0 aromatic heterocycles. The first-order chi connectivity index (χ1) is 17.5. The van der Waals surface area contributed by atoms with E-state index in [2.05, 4.69) is 34.1 Å². The number of benzene rings is 3. The molecular formula is C29H30FN3O3. The van der Waals surface area contributed by atoms with E-state index < -0.39 is 6.04 Å². The first-order valence-corrected chi connectivity index (χ1v) is 12.4. The van der Waals surface area contributed by atoms with Crippen LogP contribution in [0.4, 0.5) is 15.8 Å². The molecule has 186 valence electrons. The van der Waals surface area contributed by atoms with Gasteiger partial charge in [-0.2, -0.15) is 0 Å². The SMILES string of the molecule is CCOc1ccc(N2C(=O)C[C@H](N3CCN(c4ccc(Cc5ccc(F)cc5)cc4)CC3)C2=O)cc1. The fraction of sp³-hybridized carbons (Fsp3) is 0.310. The number of anilines is 2. The van der Waals surface area contributed by atoms with Crippen LogP contribution in [-0.2, 0) is 16.0 Å². The molecule has 0 spiro atoms. The third-order valence-corrected chi connectivity index (χ3v) is 6.91. The third kappa shape index (κ3) is 5.11. The van der Waals surface area contributed by atoms with Crippen LogP contribution in [0.25, 0.3) is 0 Å². The van der Waals surface area contributed by atoms with Gasteiger partial charge in [-0.1, -0.05) is 24.3 Å². The number of rotatable bonds is 7. The van der Waals surface area contributed by atoms with Crippen molar-refractivity contribution < 1.29 is 18.7 Å². The van der Waals surface area contributed by atoms with Crippen LogP contribution in [-0.4, -0.2) is 55.5 Å². The molecule has 0 radical (unpaired) electrons. The number of halogens is 1. The first kappa shape index (κ1) is 24.0. The van der Waals surface area contributed by atoms with E-state index >= 15 is 0 Å². The van der Waals surface area contributed by atoms with Crippen molar-refractivity contribution >= 4 is 23.2 Å². The van der Waals surface area contributed by atoms with Crippen molar-refractivity contribution in [2.45, 2.75) is 25.8 Å². The van der Waals surface area contributed by atoms with Crippen LogP contribution in [0.1, 0.15) is 24.5 Å². The molecule has 2 aliphatic rings. The number of amides is 2. The monoisotopic (exact) mass is 487 g/mol. The lowest BCUT2D eigenvalue weighted by molar-refractivity contribution is -0.123. The topological polar surface area (TPSA) is 53.1 Å². The molecule has 3 aromatic rings. The van der Waals surface area contributed by atoms with Gasteiger partial charge in [0, 0.05) is 31.9 Å². The largest absolute Gasteiger partial charge is 0.494 e. The molecule has 0 unspecified atom stereocenters. The van der Waals surface area contributed by atoms with Gasteiger partial charge in [-0.25, -0.2) is 9.29 Å². The summed E-state index contributed by atoms with van der Waals surface area (Å²) in [6.07, 6.45) is 0.973. The van der Waals surface area contributed by atoms with Gasteiger partial charge < -0.3 is 9.64 Å². The van der Waals surface area contributed by atoms with Gasteiger partial charge in [-0.3, -0.25) is 14.5 Å². The Bertz CT molecular complexity index is 1200. The number of nitrogens with zero attached hydrogens (tertiary/aromatic N) is 3. The molecule has 0 N–H and O–H groups in total. The zero-order chi connectivity index (χ0) is 25.1. The molecular weight excluding hydrogens is 457 g/mol. The van der Waals surface area contributed by atoms with Gasteiger partial charge in [-0.05, 0) is 73.0 Å². The lowest BCUT2D eigenvalue weighted by atomic mass is 10.0. The van der Waals surface area contributed by atoms with Gasteiger partial charge in [0.05, 0.1) is 24.8 Å². The van der Waals surface area contributed by atoms with E-state index in [4.69, 9.17) is 4.74 Å². The summed E-state index contributed by atoms with van der Waals surface area (Å²) in [5.41, 5.74) is 3.99. The van der Waals surface area contributed by atoms with E-state index in [1.165, 1.54) is 22.6 Å². The van der Waals surface area contributed by atoms with Crippen LogP contribution in [0.3, 0.4) is 0 Å². The Labute approximate surface area is 210 Å². The number of hydrogen-bond acceptors (Lipinski definition) is 5. The molecule has 2 saturated heterocycles. The molecule has 1 atom stereocenters. The molecule has 0 aliphatic carbocycles. The maximum absolute atomic E-state index is 13.2. The highest BCUT2D eigenvalue weighted by atomic mass is 19.1. The van der Waals surface area contributed by atoms with Crippen molar-refractivity contribution in [2.75, 3.05) is 42.6 Å². The molecule has 2 aliphatic heterocycles. The highest BCUT2D eigenvalue weighted by molar-refractivity contribution is 6.22. The molecule has 3 aromatic carbocycles. The fourth-order valence-electron chi connectivity index (χ4n) is 4.98. The standard InChI is InChI=1S/C29H30FN3O3/c1-2-36-26-13-11-25(12-14-26)33-28(34)20-27(29(33)35)32-17-15-31(16-18-32)24-9-5-22(6-10-24)19-21-3-7-23(30)8-4-21/h3-14,27H,2,15-20H2,1H3/t27-/m0/s1. The van der Waals surface area contributed by atoms with E-state index in [1.54, 1.807) is 24.3 Å². The van der Waals surface area contributed by atoms with Crippen LogP contribution in [0.5, 0.6) is 5.75 Å². The Hall–Kier alpha value is -3.71. The van der Waals surface area contributed by atoms with Crippen molar-refractivity contribution in [2.24, 2.45) is 0 Å². The van der Waals surface area contributed by atoms with Crippen LogP contribution in [0.2, 0.25) is 0 Å². The van der Waals surface area contributed by atoms with Crippen molar-refractivity contribution in [3.8, 4) is 5.75 Å². The number of ether oxygens (including phenoxy) is 1. The molecule has 0 saturated carbocycles. The lowest BCUT2D eigenvalue weighted by Gasteiger charge is -2.38. The summed E-state index contributed by atoms with van der Waals surface area (Å²) in [4.78, 5) is 31.7. The third-order valence-electron chi connectivity index (χ3n) is 6.91. The second-order valence-corrected chi connectivity index (χ2v) is 9.21. The Kier molecular flexibility index (Phi) is 7.00. The van der Waals surface area contributed by atoms with Gasteiger partial charge in [0.1, 0.15) is 11.6 Å². The van der Waals surface area contributed by atoms with E-state index in [9.17, 15) is 14.0 Å². The van der Waals surface area contributed by atoms with Crippen LogP contribution >= 0.6 is 0 Å². The van der Waals surface area contributed by atoms with E-state index in [-0.39, 0.29) is 24.1 Å². The van der Waals surface area contributed by atoms with Gasteiger partial charge in [-0.15, -0.1) is 0 Å². The van der Waals surface area contributed by atoms with Crippen molar-refractivity contribution in [3.63, 3.8) is 0 Å². The predicted molar refractivity (Wildman–Crippen MR) is 138 cm³/mol. The average Bonchev–Trinajstić information content (AvgIpc) is 3.20.